The maximum absolute atomic E-state index is 12.7. The minimum Gasteiger partial charge on any atom is -0.376 e. The van der Waals surface area contributed by atoms with Gasteiger partial charge in [-0.05, 0) is 62.7 Å². The Kier molecular flexibility index (Phi) is 6.55. The molecule has 2 saturated heterocycles. The van der Waals surface area contributed by atoms with Gasteiger partial charge in [0.15, 0.2) is 0 Å². The number of carbonyl (C=O) groups is 3. The summed E-state index contributed by atoms with van der Waals surface area (Å²) >= 11 is 4.44. The van der Waals surface area contributed by atoms with Crippen molar-refractivity contribution in [2.45, 2.75) is 45.4 Å². The molecule has 1 atom stereocenters. The number of aromatic nitrogens is 1. The Morgan fingerprint density at radius 2 is 2.19 bits per heavy atom. The van der Waals surface area contributed by atoms with E-state index in [-0.39, 0.29) is 35.7 Å². The van der Waals surface area contributed by atoms with Crippen LogP contribution >= 0.6 is 27.7 Å². The van der Waals surface area contributed by atoms with Crippen LogP contribution in [0.5, 0.6) is 0 Å². The van der Waals surface area contributed by atoms with Gasteiger partial charge in [-0.1, -0.05) is 15.9 Å². The number of nitrogens with zero attached hydrogens (tertiary/aromatic N) is 2. The predicted molar refractivity (Wildman–Crippen MR) is 125 cm³/mol. The second-order valence-corrected chi connectivity index (χ2v) is 9.87. The Bertz CT molecular complexity index is 1070. The Morgan fingerprint density at radius 3 is 2.87 bits per heavy atom. The highest BCUT2D eigenvalue weighted by atomic mass is 79.9. The van der Waals surface area contributed by atoms with E-state index in [1.54, 1.807) is 6.08 Å². The van der Waals surface area contributed by atoms with Crippen molar-refractivity contribution in [2.24, 2.45) is 0 Å². The summed E-state index contributed by atoms with van der Waals surface area (Å²) in [5.74, 6) is -0.378. The van der Waals surface area contributed by atoms with E-state index < -0.39 is 0 Å². The number of halogens is 1. The molecule has 0 saturated carbocycles. The number of thioether (sulfide) groups is 1. The van der Waals surface area contributed by atoms with Crippen LogP contribution in [0.1, 0.15) is 32.3 Å². The number of rotatable bonds is 6. The van der Waals surface area contributed by atoms with Crippen molar-refractivity contribution >= 4 is 61.7 Å². The maximum Gasteiger partial charge on any atom is 0.293 e. The Hall–Kier alpha value is -2.10. The Morgan fingerprint density at radius 1 is 1.39 bits per heavy atom. The molecular formula is C22H24BrN3O4S. The summed E-state index contributed by atoms with van der Waals surface area (Å²) in [6.45, 7) is 5.06. The molecule has 2 fully saturated rings. The maximum atomic E-state index is 12.7. The molecule has 1 aromatic carbocycles. The second-order valence-electron chi connectivity index (χ2n) is 7.96. The van der Waals surface area contributed by atoms with Crippen LogP contribution in [0.25, 0.3) is 17.0 Å². The van der Waals surface area contributed by atoms with Crippen molar-refractivity contribution in [2.75, 3.05) is 13.2 Å². The van der Waals surface area contributed by atoms with Crippen molar-refractivity contribution in [3.63, 3.8) is 0 Å². The third-order valence-electron chi connectivity index (χ3n) is 5.37. The van der Waals surface area contributed by atoms with E-state index in [1.165, 1.54) is 4.90 Å². The molecule has 0 bridgehead atoms. The van der Waals surface area contributed by atoms with Crippen LogP contribution in [-0.2, 0) is 20.9 Å². The van der Waals surface area contributed by atoms with Gasteiger partial charge in [0.25, 0.3) is 11.1 Å². The molecule has 4 rings (SSSR count). The lowest BCUT2D eigenvalue weighted by molar-refractivity contribution is -0.124. The van der Waals surface area contributed by atoms with Crippen molar-refractivity contribution in [3.05, 3.63) is 39.3 Å². The summed E-state index contributed by atoms with van der Waals surface area (Å²) in [6, 6.07) is 5.61. The SMILES string of the molecule is CC(C)N1C(=O)S/C(=C\c2cn(CC(=O)NC[C@@H]3CCCO3)c3ccc(Br)cc23)C1=O. The van der Waals surface area contributed by atoms with Gasteiger partial charge in [0.05, 0.1) is 11.0 Å². The fraction of sp³-hybridized carbons (Fsp3) is 0.409. The molecule has 2 aliphatic rings. The molecule has 0 radical (unpaired) electrons. The first-order chi connectivity index (χ1) is 14.8. The number of carbonyl (C=O) groups excluding carboxylic acids is 3. The van der Waals surface area contributed by atoms with E-state index in [4.69, 9.17) is 4.74 Å². The summed E-state index contributed by atoms with van der Waals surface area (Å²) < 4.78 is 8.32. The monoisotopic (exact) mass is 505 g/mol. The quantitative estimate of drug-likeness (QED) is 0.596. The molecule has 3 heterocycles. The van der Waals surface area contributed by atoms with Gasteiger partial charge in [-0.3, -0.25) is 19.3 Å². The molecule has 2 aromatic rings. The molecule has 0 aliphatic carbocycles. The van der Waals surface area contributed by atoms with Crippen molar-refractivity contribution in [1.82, 2.24) is 14.8 Å². The zero-order valence-corrected chi connectivity index (χ0v) is 19.8. The van der Waals surface area contributed by atoms with Gasteiger partial charge < -0.3 is 14.6 Å². The normalized spacial score (nSPS) is 20.6. The zero-order chi connectivity index (χ0) is 22.1. The number of benzene rings is 1. The van der Waals surface area contributed by atoms with Crippen LogP contribution in [0.2, 0.25) is 0 Å². The summed E-state index contributed by atoms with van der Waals surface area (Å²) in [4.78, 5) is 39.1. The van der Waals surface area contributed by atoms with Gasteiger partial charge in [0.2, 0.25) is 5.91 Å². The topological polar surface area (TPSA) is 80.6 Å². The van der Waals surface area contributed by atoms with E-state index in [2.05, 4.69) is 21.2 Å². The van der Waals surface area contributed by atoms with E-state index in [1.807, 2.05) is 42.8 Å². The average Bonchev–Trinajstić information content (AvgIpc) is 3.40. The molecule has 7 nitrogen and oxygen atoms in total. The lowest BCUT2D eigenvalue weighted by atomic mass is 10.1. The summed E-state index contributed by atoms with van der Waals surface area (Å²) in [7, 11) is 0. The number of hydrogen-bond donors (Lipinski definition) is 1. The van der Waals surface area contributed by atoms with E-state index in [9.17, 15) is 14.4 Å². The Balaban J connectivity index is 1.59. The first-order valence-electron chi connectivity index (χ1n) is 10.3. The highest BCUT2D eigenvalue weighted by Crippen LogP contribution is 2.35. The number of fused-ring (bicyclic) bond motifs is 1. The molecular weight excluding hydrogens is 482 g/mol. The summed E-state index contributed by atoms with van der Waals surface area (Å²) in [5.41, 5.74) is 1.67. The number of ether oxygens (including phenoxy) is 1. The molecule has 1 N–H and O–H groups in total. The molecule has 0 spiro atoms. The molecule has 164 valence electrons. The van der Waals surface area contributed by atoms with Crippen LogP contribution in [0.4, 0.5) is 4.79 Å². The Labute approximate surface area is 193 Å². The number of imide groups is 1. The van der Waals surface area contributed by atoms with E-state index in [0.717, 1.165) is 52.1 Å². The highest BCUT2D eigenvalue weighted by molar-refractivity contribution is 9.10. The fourth-order valence-corrected chi connectivity index (χ4v) is 5.17. The molecule has 2 aliphatic heterocycles. The van der Waals surface area contributed by atoms with Gasteiger partial charge >= 0.3 is 0 Å². The molecule has 1 aromatic heterocycles. The van der Waals surface area contributed by atoms with Gasteiger partial charge in [0, 0.05) is 46.3 Å². The third-order valence-corrected chi connectivity index (χ3v) is 6.74. The number of nitrogens with one attached hydrogen (secondary N) is 1. The molecule has 31 heavy (non-hydrogen) atoms. The van der Waals surface area contributed by atoms with Crippen LogP contribution in [0, 0.1) is 0 Å². The van der Waals surface area contributed by atoms with Gasteiger partial charge in [0.1, 0.15) is 6.54 Å². The van der Waals surface area contributed by atoms with E-state index >= 15 is 0 Å². The van der Waals surface area contributed by atoms with Crippen LogP contribution in [0.15, 0.2) is 33.8 Å². The summed E-state index contributed by atoms with van der Waals surface area (Å²) in [5, 5.41) is 3.58. The third kappa shape index (κ3) is 4.73. The fourth-order valence-electron chi connectivity index (χ4n) is 3.85. The number of amides is 3. The minimum absolute atomic E-state index is 0.0912. The number of hydrogen-bond acceptors (Lipinski definition) is 5. The molecule has 3 amide bonds. The van der Waals surface area contributed by atoms with E-state index in [0.29, 0.717) is 11.4 Å². The first-order valence-corrected chi connectivity index (χ1v) is 11.9. The van der Waals surface area contributed by atoms with Crippen molar-refractivity contribution < 1.29 is 19.1 Å². The lowest BCUT2D eigenvalue weighted by Gasteiger charge is -2.16. The first kappa shape index (κ1) is 22.1. The van der Waals surface area contributed by atoms with Gasteiger partial charge in [-0.25, -0.2) is 0 Å². The zero-order valence-electron chi connectivity index (χ0n) is 17.4. The van der Waals surface area contributed by atoms with Crippen molar-refractivity contribution in [3.8, 4) is 0 Å². The van der Waals surface area contributed by atoms with Gasteiger partial charge in [-0.15, -0.1) is 0 Å². The predicted octanol–water partition coefficient (Wildman–Crippen LogP) is 4.14. The highest BCUT2D eigenvalue weighted by Gasteiger charge is 2.36. The van der Waals surface area contributed by atoms with Crippen LogP contribution in [0.3, 0.4) is 0 Å². The average molecular weight is 506 g/mol. The molecule has 0 unspecified atom stereocenters. The largest absolute Gasteiger partial charge is 0.376 e. The second kappa shape index (κ2) is 9.18. The standard InChI is InChI=1S/C22H24BrN3O4S/c1-13(2)26-21(28)19(31-22(26)29)8-14-11-25(18-6-5-15(23)9-17(14)18)12-20(27)24-10-16-4-3-7-30-16/h5-6,8-9,11,13,16H,3-4,7,10,12H2,1-2H3,(H,24,27)/b19-8-/t16-/m0/s1. The smallest absolute Gasteiger partial charge is 0.293 e. The van der Waals surface area contributed by atoms with Crippen LogP contribution in [-0.4, -0.2) is 51.8 Å². The minimum atomic E-state index is -0.282. The summed E-state index contributed by atoms with van der Waals surface area (Å²) in [6.07, 6.45) is 5.68. The lowest BCUT2D eigenvalue weighted by Crippen LogP contribution is -2.34. The van der Waals surface area contributed by atoms with Gasteiger partial charge in [-0.2, -0.15) is 0 Å². The molecule has 9 heteroatoms. The van der Waals surface area contributed by atoms with Crippen LogP contribution < -0.4 is 5.32 Å². The van der Waals surface area contributed by atoms with Crippen molar-refractivity contribution in [1.29, 1.82) is 0 Å².